The molecule has 0 heterocycles. The van der Waals surface area contributed by atoms with E-state index in [0.717, 1.165) is 0 Å². The predicted molar refractivity (Wildman–Crippen MR) is 58.5 cm³/mol. The van der Waals surface area contributed by atoms with Crippen LogP contribution in [0.4, 0.5) is 0 Å². The van der Waals surface area contributed by atoms with Crippen molar-refractivity contribution in [3.63, 3.8) is 0 Å². The Morgan fingerprint density at radius 1 is 1.00 bits per heavy atom. The average Bonchev–Trinajstić information content (AvgIpc) is 2.06. The zero-order valence-electron chi connectivity index (χ0n) is 6.78. The molecule has 1 aliphatic rings. The van der Waals surface area contributed by atoms with Gasteiger partial charge in [-0.05, 0) is 6.42 Å². The molecule has 0 spiro atoms. The van der Waals surface area contributed by atoms with Gasteiger partial charge in [-0.15, -0.1) is 46.4 Å². The summed E-state index contributed by atoms with van der Waals surface area (Å²) in [6.07, 6.45) is 0.00590. The van der Waals surface area contributed by atoms with E-state index in [1.807, 2.05) is 0 Å². The second-order valence-corrected chi connectivity index (χ2v) is 6.85. The molecule has 1 aliphatic carbocycles. The van der Waals surface area contributed by atoms with E-state index in [1.165, 1.54) is 0 Å². The summed E-state index contributed by atoms with van der Waals surface area (Å²) in [6.45, 7) is 0. The molecular weight excluding hydrogens is 294 g/mol. The summed E-state index contributed by atoms with van der Waals surface area (Å²) >= 11 is 23.1. The second kappa shape index (κ2) is 4.52. The van der Waals surface area contributed by atoms with E-state index in [1.54, 1.807) is 0 Å². The lowest BCUT2D eigenvalue weighted by Gasteiger charge is -2.35. The van der Waals surface area contributed by atoms with Gasteiger partial charge in [-0.3, -0.25) is 4.55 Å². The summed E-state index contributed by atoms with van der Waals surface area (Å²) in [4.78, 5) is 0. The van der Waals surface area contributed by atoms with Crippen LogP contribution in [0.15, 0.2) is 0 Å². The highest BCUT2D eigenvalue weighted by molar-refractivity contribution is 7.86. The smallest absolute Gasteiger partial charge is 0.269 e. The van der Waals surface area contributed by atoms with Gasteiger partial charge in [0.2, 0.25) is 0 Å². The maximum atomic E-state index is 10.9. The van der Waals surface area contributed by atoms with E-state index < -0.39 is 36.9 Å². The van der Waals surface area contributed by atoms with E-state index in [-0.39, 0.29) is 6.42 Å². The summed E-state index contributed by atoms with van der Waals surface area (Å²) < 4.78 is 30.7. The Kier molecular flexibility index (Phi) is 4.24. The van der Waals surface area contributed by atoms with Crippen LogP contribution in [0.1, 0.15) is 6.42 Å². The highest BCUT2D eigenvalue weighted by Gasteiger charge is 2.46. The third-order valence-corrected chi connectivity index (χ3v) is 6.08. The van der Waals surface area contributed by atoms with Crippen LogP contribution in [0.3, 0.4) is 0 Å². The molecule has 0 aromatic carbocycles. The standard InChI is InChI=1S/C6H8Cl4O3S/c7-2-1-3(14(11,12)13)5(9)6(10)4(2)8/h2-6H,1H2,(H,11,12,13). The first-order valence-electron chi connectivity index (χ1n) is 3.77. The Hall–Kier alpha value is 1.07. The Morgan fingerprint density at radius 2 is 1.50 bits per heavy atom. The number of rotatable bonds is 1. The van der Waals surface area contributed by atoms with Gasteiger partial charge in [0, 0.05) is 0 Å². The van der Waals surface area contributed by atoms with Gasteiger partial charge in [0.15, 0.2) is 0 Å². The summed E-state index contributed by atoms with van der Waals surface area (Å²) in [5, 5.41) is -4.06. The van der Waals surface area contributed by atoms with Crippen molar-refractivity contribution >= 4 is 56.5 Å². The monoisotopic (exact) mass is 300 g/mol. The zero-order chi connectivity index (χ0) is 11.1. The van der Waals surface area contributed by atoms with Gasteiger partial charge in [-0.2, -0.15) is 8.42 Å². The Labute approximate surface area is 102 Å². The maximum Gasteiger partial charge on any atom is 0.269 e. The van der Waals surface area contributed by atoms with Crippen molar-refractivity contribution in [2.75, 3.05) is 0 Å². The molecule has 5 unspecified atom stereocenters. The molecule has 1 fully saturated rings. The SMILES string of the molecule is O=S(=O)(O)C1CC(Cl)C(Cl)C(Cl)C1Cl. The first-order chi connectivity index (χ1) is 6.25. The van der Waals surface area contributed by atoms with Gasteiger partial charge in [0.1, 0.15) is 5.25 Å². The lowest BCUT2D eigenvalue weighted by atomic mass is 9.98. The Balaban J connectivity index is 2.92. The van der Waals surface area contributed by atoms with Crippen LogP contribution in [0.5, 0.6) is 0 Å². The maximum absolute atomic E-state index is 10.9. The lowest BCUT2D eigenvalue weighted by molar-refractivity contribution is 0.435. The average molecular weight is 302 g/mol. The van der Waals surface area contributed by atoms with E-state index in [2.05, 4.69) is 0 Å². The molecule has 0 aromatic heterocycles. The molecule has 0 radical (unpaired) electrons. The Bertz CT molecular complexity index is 306. The van der Waals surface area contributed by atoms with E-state index in [9.17, 15) is 8.42 Å². The highest BCUT2D eigenvalue weighted by atomic mass is 35.5. The van der Waals surface area contributed by atoms with Crippen LogP contribution in [0, 0.1) is 0 Å². The molecule has 0 saturated heterocycles. The van der Waals surface area contributed by atoms with Crippen LogP contribution in [0.2, 0.25) is 0 Å². The van der Waals surface area contributed by atoms with Gasteiger partial charge in [-0.1, -0.05) is 0 Å². The largest absolute Gasteiger partial charge is 0.285 e. The highest BCUT2D eigenvalue weighted by Crippen LogP contribution is 2.37. The summed E-state index contributed by atoms with van der Waals surface area (Å²) in [6, 6.07) is 0. The van der Waals surface area contributed by atoms with Crippen molar-refractivity contribution in [3.8, 4) is 0 Å². The molecule has 3 nitrogen and oxygen atoms in total. The fourth-order valence-corrected chi connectivity index (χ4v) is 4.25. The summed E-state index contributed by atoms with van der Waals surface area (Å²) in [5.74, 6) is 0. The van der Waals surface area contributed by atoms with E-state index in [0.29, 0.717) is 0 Å². The topological polar surface area (TPSA) is 54.4 Å². The van der Waals surface area contributed by atoms with Crippen LogP contribution in [0.25, 0.3) is 0 Å². The minimum atomic E-state index is -4.22. The molecule has 0 aromatic rings. The molecule has 1 rings (SSSR count). The van der Waals surface area contributed by atoms with Crippen molar-refractivity contribution in [3.05, 3.63) is 0 Å². The van der Waals surface area contributed by atoms with Crippen LogP contribution < -0.4 is 0 Å². The third-order valence-electron chi connectivity index (χ3n) is 2.15. The molecule has 8 heteroatoms. The van der Waals surface area contributed by atoms with Crippen LogP contribution in [-0.4, -0.2) is 39.7 Å². The molecule has 1 saturated carbocycles. The fourth-order valence-electron chi connectivity index (χ4n) is 1.35. The minimum absolute atomic E-state index is 0.00590. The normalized spacial score (nSPS) is 45.1. The number of alkyl halides is 4. The van der Waals surface area contributed by atoms with Crippen molar-refractivity contribution in [2.45, 2.75) is 33.2 Å². The fraction of sp³-hybridized carbons (Fsp3) is 1.00. The second-order valence-electron chi connectivity index (χ2n) is 3.14. The molecule has 0 amide bonds. The van der Waals surface area contributed by atoms with Crippen molar-refractivity contribution in [2.24, 2.45) is 0 Å². The summed E-state index contributed by atoms with van der Waals surface area (Å²) in [5.41, 5.74) is 0. The quantitative estimate of drug-likeness (QED) is 0.596. The van der Waals surface area contributed by atoms with Crippen molar-refractivity contribution in [1.29, 1.82) is 0 Å². The molecule has 0 bridgehead atoms. The molecule has 5 atom stereocenters. The van der Waals surface area contributed by atoms with Crippen LogP contribution in [-0.2, 0) is 10.1 Å². The molecule has 84 valence electrons. The van der Waals surface area contributed by atoms with Gasteiger partial charge in [0.25, 0.3) is 10.1 Å². The van der Waals surface area contributed by atoms with Crippen LogP contribution >= 0.6 is 46.4 Å². The van der Waals surface area contributed by atoms with Gasteiger partial charge in [0.05, 0.1) is 21.5 Å². The number of hydrogen-bond acceptors (Lipinski definition) is 2. The third kappa shape index (κ3) is 2.60. The summed E-state index contributed by atoms with van der Waals surface area (Å²) in [7, 11) is -4.22. The predicted octanol–water partition coefficient (Wildman–Crippen LogP) is 2.08. The zero-order valence-corrected chi connectivity index (χ0v) is 10.6. The van der Waals surface area contributed by atoms with Crippen molar-refractivity contribution in [1.82, 2.24) is 0 Å². The van der Waals surface area contributed by atoms with Crippen molar-refractivity contribution < 1.29 is 13.0 Å². The van der Waals surface area contributed by atoms with Gasteiger partial charge in [-0.25, -0.2) is 0 Å². The molecular formula is C6H8Cl4O3S. The van der Waals surface area contributed by atoms with E-state index in [4.69, 9.17) is 51.0 Å². The van der Waals surface area contributed by atoms with E-state index >= 15 is 0 Å². The first kappa shape index (κ1) is 13.1. The Morgan fingerprint density at radius 3 is 1.93 bits per heavy atom. The van der Waals surface area contributed by atoms with Gasteiger partial charge >= 0.3 is 0 Å². The number of hydrogen-bond donors (Lipinski definition) is 1. The number of halogens is 4. The first-order valence-corrected chi connectivity index (χ1v) is 7.02. The molecule has 0 aliphatic heterocycles. The molecule has 14 heavy (non-hydrogen) atoms. The lowest BCUT2D eigenvalue weighted by Crippen LogP contribution is -2.49. The minimum Gasteiger partial charge on any atom is -0.285 e. The van der Waals surface area contributed by atoms with Gasteiger partial charge < -0.3 is 0 Å². The molecule has 1 N–H and O–H groups in total.